The van der Waals surface area contributed by atoms with Crippen LogP contribution >= 0.6 is 15.9 Å². The molecule has 0 amide bonds. The zero-order valence-corrected chi connectivity index (χ0v) is 20.2. The molecule has 7 heteroatoms. The maximum Gasteiger partial charge on any atom is 0.243 e. The molecule has 2 rings (SSSR count). The van der Waals surface area contributed by atoms with E-state index in [4.69, 9.17) is 4.74 Å². The van der Waals surface area contributed by atoms with Gasteiger partial charge in [0, 0.05) is 36.2 Å². The van der Waals surface area contributed by atoms with Gasteiger partial charge in [-0.25, -0.2) is 8.42 Å². The molecule has 0 saturated heterocycles. The van der Waals surface area contributed by atoms with Gasteiger partial charge in [-0.1, -0.05) is 15.9 Å². The fourth-order valence-electron chi connectivity index (χ4n) is 3.98. The number of sulfonamides is 1. The minimum Gasteiger partial charge on any atom is -0.377 e. The van der Waals surface area contributed by atoms with E-state index in [1.165, 1.54) is 0 Å². The fraction of sp³-hybridized carbons (Fsp3) is 0.714. The summed E-state index contributed by atoms with van der Waals surface area (Å²) in [5.74, 6) is 0. The third kappa shape index (κ3) is 6.26. The van der Waals surface area contributed by atoms with Crippen molar-refractivity contribution in [3.05, 3.63) is 28.7 Å². The third-order valence-electron chi connectivity index (χ3n) is 5.68. The lowest BCUT2D eigenvalue weighted by Crippen LogP contribution is -2.42. The molecule has 0 unspecified atom stereocenters. The Morgan fingerprint density at radius 1 is 1.04 bits per heavy atom. The van der Waals surface area contributed by atoms with Crippen LogP contribution in [0.25, 0.3) is 0 Å². The highest BCUT2D eigenvalue weighted by Gasteiger charge is 2.31. The maximum absolute atomic E-state index is 12.9. The van der Waals surface area contributed by atoms with Crippen molar-refractivity contribution in [2.24, 2.45) is 0 Å². The van der Waals surface area contributed by atoms with Crippen LogP contribution in [0.4, 0.5) is 0 Å². The number of benzene rings is 1. The number of hydrogen-bond donors (Lipinski definition) is 0. The Morgan fingerprint density at radius 2 is 1.57 bits per heavy atom. The van der Waals surface area contributed by atoms with E-state index in [1.807, 2.05) is 0 Å². The van der Waals surface area contributed by atoms with E-state index in [1.54, 1.807) is 35.6 Å². The molecule has 0 aromatic heterocycles. The van der Waals surface area contributed by atoms with E-state index in [0.29, 0.717) is 17.0 Å². The summed E-state index contributed by atoms with van der Waals surface area (Å²) in [5, 5.41) is 0. The Kier molecular flexibility index (Phi) is 8.95. The SMILES string of the molecule is CC(C)N(CCOC1CCC(N(C)S(=O)(=O)c2ccc(Br)cc2)CC1)C(C)C. The molecular formula is C21H35BrN2O3S. The third-order valence-corrected chi connectivity index (χ3v) is 8.13. The topological polar surface area (TPSA) is 49.9 Å². The molecule has 0 N–H and O–H groups in total. The number of halogens is 1. The maximum atomic E-state index is 12.9. The van der Waals surface area contributed by atoms with Crippen LogP contribution in [0.3, 0.4) is 0 Å². The molecule has 28 heavy (non-hydrogen) atoms. The van der Waals surface area contributed by atoms with Gasteiger partial charge in [-0.2, -0.15) is 4.31 Å². The first-order valence-electron chi connectivity index (χ1n) is 10.2. The van der Waals surface area contributed by atoms with Crippen molar-refractivity contribution in [1.29, 1.82) is 0 Å². The molecule has 5 nitrogen and oxygen atoms in total. The van der Waals surface area contributed by atoms with Gasteiger partial charge in [0.2, 0.25) is 10.0 Å². The van der Waals surface area contributed by atoms with Crippen molar-refractivity contribution in [1.82, 2.24) is 9.21 Å². The largest absolute Gasteiger partial charge is 0.377 e. The van der Waals surface area contributed by atoms with Crippen LogP contribution in [-0.4, -0.2) is 62.1 Å². The van der Waals surface area contributed by atoms with Gasteiger partial charge < -0.3 is 4.74 Å². The van der Waals surface area contributed by atoms with E-state index < -0.39 is 10.0 Å². The molecular weight excluding hydrogens is 440 g/mol. The highest BCUT2D eigenvalue weighted by atomic mass is 79.9. The van der Waals surface area contributed by atoms with E-state index in [-0.39, 0.29) is 12.1 Å². The van der Waals surface area contributed by atoms with Gasteiger partial charge in [-0.05, 0) is 77.6 Å². The minimum atomic E-state index is -3.46. The van der Waals surface area contributed by atoms with Crippen LogP contribution in [0.1, 0.15) is 53.4 Å². The highest BCUT2D eigenvalue weighted by molar-refractivity contribution is 9.10. The molecule has 160 valence electrons. The van der Waals surface area contributed by atoms with E-state index >= 15 is 0 Å². The average molecular weight is 475 g/mol. The van der Waals surface area contributed by atoms with Crippen molar-refractivity contribution in [3.63, 3.8) is 0 Å². The minimum absolute atomic E-state index is 0.0383. The van der Waals surface area contributed by atoms with Crippen molar-refractivity contribution >= 4 is 26.0 Å². The Bertz CT molecular complexity index is 691. The summed E-state index contributed by atoms with van der Waals surface area (Å²) in [7, 11) is -1.75. The summed E-state index contributed by atoms with van der Waals surface area (Å²) < 4.78 is 34.3. The second kappa shape index (κ2) is 10.5. The van der Waals surface area contributed by atoms with Gasteiger partial charge in [0.15, 0.2) is 0 Å². The van der Waals surface area contributed by atoms with Gasteiger partial charge in [-0.15, -0.1) is 0 Å². The number of hydrogen-bond acceptors (Lipinski definition) is 4. The summed E-state index contributed by atoms with van der Waals surface area (Å²) in [4.78, 5) is 2.78. The summed E-state index contributed by atoms with van der Waals surface area (Å²) in [6.07, 6.45) is 3.74. The van der Waals surface area contributed by atoms with E-state index in [9.17, 15) is 8.42 Å². The summed E-state index contributed by atoms with van der Waals surface area (Å²) >= 11 is 3.35. The number of ether oxygens (including phenoxy) is 1. The quantitative estimate of drug-likeness (QED) is 0.527. The van der Waals surface area contributed by atoms with Crippen LogP contribution in [0.15, 0.2) is 33.6 Å². The number of nitrogens with zero attached hydrogens (tertiary/aromatic N) is 2. The first kappa shape index (κ1) is 23.8. The van der Waals surface area contributed by atoms with Crippen LogP contribution in [-0.2, 0) is 14.8 Å². The van der Waals surface area contributed by atoms with Crippen LogP contribution in [0.2, 0.25) is 0 Å². The summed E-state index contributed by atoms with van der Waals surface area (Å²) in [5.41, 5.74) is 0. The molecule has 0 radical (unpaired) electrons. The highest BCUT2D eigenvalue weighted by Crippen LogP contribution is 2.28. The Labute approximate surface area is 179 Å². The van der Waals surface area contributed by atoms with Gasteiger partial charge in [-0.3, -0.25) is 4.90 Å². The number of rotatable bonds is 9. The molecule has 0 atom stereocenters. The first-order valence-corrected chi connectivity index (χ1v) is 12.5. The lowest BCUT2D eigenvalue weighted by molar-refractivity contribution is -0.000794. The Hall–Kier alpha value is -0.470. The molecule has 0 bridgehead atoms. The van der Waals surface area contributed by atoms with Gasteiger partial charge in [0.05, 0.1) is 17.6 Å². The van der Waals surface area contributed by atoms with Crippen LogP contribution in [0.5, 0.6) is 0 Å². The lowest BCUT2D eigenvalue weighted by Gasteiger charge is -2.35. The normalized spacial score (nSPS) is 21.2. The van der Waals surface area contributed by atoms with Crippen molar-refractivity contribution < 1.29 is 13.2 Å². The monoisotopic (exact) mass is 474 g/mol. The van der Waals surface area contributed by atoms with E-state index in [0.717, 1.165) is 43.3 Å². The van der Waals surface area contributed by atoms with Crippen molar-refractivity contribution in [3.8, 4) is 0 Å². The fourth-order valence-corrected chi connectivity index (χ4v) is 5.66. The lowest BCUT2D eigenvalue weighted by atomic mass is 9.93. The first-order chi connectivity index (χ1) is 13.1. The molecule has 1 fully saturated rings. The molecule has 1 aromatic carbocycles. The molecule has 0 spiro atoms. The Balaban J connectivity index is 1.83. The van der Waals surface area contributed by atoms with Gasteiger partial charge in [0.25, 0.3) is 0 Å². The molecule has 0 aliphatic heterocycles. The second-order valence-electron chi connectivity index (χ2n) is 8.20. The van der Waals surface area contributed by atoms with Crippen molar-refractivity contribution in [2.45, 2.75) is 82.5 Å². The van der Waals surface area contributed by atoms with E-state index in [2.05, 4.69) is 48.5 Å². The predicted molar refractivity (Wildman–Crippen MR) is 118 cm³/mol. The molecule has 1 aliphatic carbocycles. The van der Waals surface area contributed by atoms with Crippen LogP contribution < -0.4 is 0 Å². The zero-order valence-electron chi connectivity index (χ0n) is 17.8. The Morgan fingerprint density at radius 3 is 2.07 bits per heavy atom. The summed E-state index contributed by atoms with van der Waals surface area (Å²) in [6, 6.07) is 7.90. The average Bonchev–Trinajstić information content (AvgIpc) is 2.65. The molecule has 1 aromatic rings. The summed E-state index contributed by atoms with van der Waals surface area (Å²) in [6.45, 7) is 10.5. The smallest absolute Gasteiger partial charge is 0.243 e. The standard InChI is InChI=1S/C21H35BrN2O3S/c1-16(2)24(17(3)4)14-15-27-20-10-8-19(9-11-20)23(5)28(25,26)21-12-6-18(22)7-13-21/h6-7,12-13,16-17,19-20H,8-11,14-15H2,1-5H3. The molecule has 0 heterocycles. The van der Waals surface area contributed by atoms with Gasteiger partial charge >= 0.3 is 0 Å². The zero-order chi connectivity index (χ0) is 20.9. The van der Waals surface area contributed by atoms with Crippen LogP contribution in [0, 0.1) is 0 Å². The predicted octanol–water partition coefficient (Wildman–Crippen LogP) is 4.52. The van der Waals surface area contributed by atoms with Crippen molar-refractivity contribution in [2.75, 3.05) is 20.2 Å². The second-order valence-corrected chi connectivity index (χ2v) is 11.1. The van der Waals surface area contributed by atoms with Gasteiger partial charge in [0.1, 0.15) is 0 Å². The molecule has 1 aliphatic rings. The molecule has 1 saturated carbocycles.